The predicted octanol–water partition coefficient (Wildman–Crippen LogP) is 2.80. The van der Waals surface area contributed by atoms with Crippen molar-refractivity contribution in [3.05, 3.63) is 47.5 Å². The van der Waals surface area contributed by atoms with Crippen LogP contribution in [0.1, 0.15) is 22.8 Å². The molecule has 0 aliphatic carbocycles. The molecule has 150 valence electrons. The van der Waals surface area contributed by atoms with E-state index in [0.29, 0.717) is 35.9 Å². The molecule has 0 unspecified atom stereocenters. The lowest BCUT2D eigenvalue weighted by atomic mass is 10.1. The van der Waals surface area contributed by atoms with Crippen LogP contribution in [-0.4, -0.2) is 46.2 Å². The molecule has 0 aliphatic rings. The molecule has 0 saturated heterocycles. The summed E-state index contributed by atoms with van der Waals surface area (Å²) in [6, 6.07) is 10.8. The smallest absolute Gasteiger partial charge is 0.251 e. The molecule has 7 heteroatoms. The van der Waals surface area contributed by atoms with Crippen molar-refractivity contribution in [2.45, 2.75) is 13.8 Å². The summed E-state index contributed by atoms with van der Waals surface area (Å²) in [4.78, 5) is 26.2. The highest BCUT2D eigenvalue weighted by atomic mass is 16.5. The van der Waals surface area contributed by atoms with Gasteiger partial charge in [0.2, 0.25) is 11.7 Å². The summed E-state index contributed by atoms with van der Waals surface area (Å²) < 4.78 is 15.8. The lowest BCUT2D eigenvalue weighted by Crippen LogP contribution is -2.37. The number of ether oxygens (including phenoxy) is 3. The molecule has 2 aromatic carbocycles. The SMILES string of the molecule is COc1cc(C(=O)NCCN(C(C)=O)c2cccc(C)c2)cc(OC)c1OC. The molecular formula is C21H26N2O5. The molecule has 2 amide bonds. The van der Waals surface area contributed by atoms with E-state index in [-0.39, 0.29) is 11.8 Å². The minimum Gasteiger partial charge on any atom is -0.493 e. The van der Waals surface area contributed by atoms with Gasteiger partial charge in [0, 0.05) is 31.3 Å². The first-order chi connectivity index (χ1) is 13.4. The van der Waals surface area contributed by atoms with Gasteiger partial charge in [-0.3, -0.25) is 9.59 Å². The minimum absolute atomic E-state index is 0.0902. The van der Waals surface area contributed by atoms with Crippen molar-refractivity contribution >= 4 is 17.5 Å². The third kappa shape index (κ3) is 4.94. The second-order valence-corrected chi connectivity index (χ2v) is 6.18. The number of carbonyl (C=O) groups excluding carboxylic acids is 2. The van der Waals surface area contributed by atoms with Crippen molar-refractivity contribution in [3.63, 3.8) is 0 Å². The Hall–Kier alpha value is -3.22. The Morgan fingerprint density at radius 2 is 1.64 bits per heavy atom. The Morgan fingerprint density at radius 3 is 2.14 bits per heavy atom. The lowest BCUT2D eigenvalue weighted by molar-refractivity contribution is -0.116. The summed E-state index contributed by atoms with van der Waals surface area (Å²) >= 11 is 0. The van der Waals surface area contributed by atoms with Gasteiger partial charge in [0.1, 0.15) is 0 Å². The van der Waals surface area contributed by atoms with Crippen LogP contribution in [0, 0.1) is 6.92 Å². The highest BCUT2D eigenvalue weighted by Crippen LogP contribution is 2.38. The number of aryl methyl sites for hydroxylation is 1. The summed E-state index contributed by atoms with van der Waals surface area (Å²) in [6.07, 6.45) is 0. The minimum atomic E-state index is -0.299. The third-order valence-electron chi connectivity index (χ3n) is 4.24. The van der Waals surface area contributed by atoms with Crippen LogP contribution in [0.25, 0.3) is 0 Å². The number of carbonyl (C=O) groups is 2. The van der Waals surface area contributed by atoms with Gasteiger partial charge in [0.05, 0.1) is 21.3 Å². The quantitative estimate of drug-likeness (QED) is 0.755. The fourth-order valence-corrected chi connectivity index (χ4v) is 2.86. The fourth-order valence-electron chi connectivity index (χ4n) is 2.86. The maximum Gasteiger partial charge on any atom is 0.251 e. The number of rotatable bonds is 8. The van der Waals surface area contributed by atoms with Gasteiger partial charge in [-0.1, -0.05) is 12.1 Å². The second kappa shape index (κ2) is 9.64. The topological polar surface area (TPSA) is 77.1 Å². The van der Waals surface area contributed by atoms with E-state index in [1.807, 2.05) is 31.2 Å². The molecule has 0 aromatic heterocycles. The molecule has 0 atom stereocenters. The number of amides is 2. The Labute approximate surface area is 165 Å². The van der Waals surface area contributed by atoms with Gasteiger partial charge in [-0.05, 0) is 36.8 Å². The standard InChI is InChI=1S/C21H26N2O5/c1-14-7-6-8-17(11-14)23(15(2)24)10-9-22-21(25)16-12-18(26-3)20(28-5)19(13-16)27-4/h6-8,11-13H,9-10H2,1-5H3,(H,22,25). The first-order valence-corrected chi connectivity index (χ1v) is 8.84. The Kier molecular flexibility index (Phi) is 7.26. The van der Waals surface area contributed by atoms with E-state index in [1.54, 1.807) is 17.0 Å². The van der Waals surface area contributed by atoms with Crippen molar-refractivity contribution in [3.8, 4) is 17.2 Å². The molecule has 2 rings (SSSR count). The molecule has 0 fully saturated rings. The van der Waals surface area contributed by atoms with Gasteiger partial charge in [-0.15, -0.1) is 0 Å². The fraction of sp³-hybridized carbons (Fsp3) is 0.333. The summed E-state index contributed by atoms with van der Waals surface area (Å²) in [5.41, 5.74) is 2.24. The molecule has 1 N–H and O–H groups in total. The van der Waals surface area contributed by atoms with E-state index < -0.39 is 0 Å². The van der Waals surface area contributed by atoms with Crippen LogP contribution in [0.2, 0.25) is 0 Å². The van der Waals surface area contributed by atoms with Gasteiger partial charge in [0.15, 0.2) is 11.5 Å². The summed E-state index contributed by atoms with van der Waals surface area (Å²) in [5.74, 6) is 0.831. The molecule has 2 aromatic rings. The zero-order chi connectivity index (χ0) is 20.7. The van der Waals surface area contributed by atoms with Crippen LogP contribution in [0.15, 0.2) is 36.4 Å². The van der Waals surface area contributed by atoms with E-state index in [2.05, 4.69) is 5.32 Å². The van der Waals surface area contributed by atoms with Crippen LogP contribution in [0.4, 0.5) is 5.69 Å². The molecule has 0 saturated carbocycles. The maximum absolute atomic E-state index is 12.6. The highest BCUT2D eigenvalue weighted by Gasteiger charge is 2.17. The Balaban J connectivity index is 2.10. The van der Waals surface area contributed by atoms with Crippen molar-refractivity contribution in [2.75, 3.05) is 39.3 Å². The zero-order valence-electron chi connectivity index (χ0n) is 16.9. The summed E-state index contributed by atoms with van der Waals surface area (Å²) in [5, 5.41) is 2.82. The van der Waals surface area contributed by atoms with Crippen molar-refractivity contribution in [1.82, 2.24) is 5.32 Å². The normalized spacial score (nSPS) is 10.2. The molecule has 28 heavy (non-hydrogen) atoms. The number of nitrogens with one attached hydrogen (secondary N) is 1. The Bertz CT molecular complexity index is 825. The molecule has 0 spiro atoms. The number of anilines is 1. The molecular weight excluding hydrogens is 360 g/mol. The van der Waals surface area contributed by atoms with Gasteiger partial charge in [-0.2, -0.15) is 0 Å². The van der Waals surface area contributed by atoms with Crippen molar-refractivity contribution < 1.29 is 23.8 Å². The largest absolute Gasteiger partial charge is 0.493 e. The lowest BCUT2D eigenvalue weighted by Gasteiger charge is -2.22. The number of hydrogen-bond donors (Lipinski definition) is 1. The first-order valence-electron chi connectivity index (χ1n) is 8.84. The molecule has 7 nitrogen and oxygen atoms in total. The number of methoxy groups -OCH3 is 3. The zero-order valence-corrected chi connectivity index (χ0v) is 16.9. The maximum atomic E-state index is 12.6. The molecule has 0 aliphatic heterocycles. The van der Waals surface area contributed by atoms with Crippen molar-refractivity contribution in [1.29, 1.82) is 0 Å². The van der Waals surface area contributed by atoms with Gasteiger partial charge in [-0.25, -0.2) is 0 Å². The number of hydrogen-bond acceptors (Lipinski definition) is 5. The average molecular weight is 386 g/mol. The van der Waals surface area contributed by atoms with E-state index in [9.17, 15) is 9.59 Å². The van der Waals surface area contributed by atoms with Crippen LogP contribution in [0.3, 0.4) is 0 Å². The van der Waals surface area contributed by atoms with E-state index in [0.717, 1.165) is 11.3 Å². The summed E-state index contributed by atoms with van der Waals surface area (Å²) in [6.45, 7) is 4.12. The predicted molar refractivity (Wildman–Crippen MR) is 108 cm³/mol. The van der Waals surface area contributed by atoms with Crippen LogP contribution in [0.5, 0.6) is 17.2 Å². The van der Waals surface area contributed by atoms with E-state index in [4.69, 9.17) is 14.2 Å². The first kappa shape index (κ1) is 21.1. The number of benzene rings is 2. The third-order valence-corrected chi connectivity index (χ3v) is 4.24. The van der Waals surface area contributed by atoms with Crippen LogP contribution < -0.4 is 24.4 Å². The monoisotopic (exact) mass is 386 g/mol. The van der Waals surface area contributed by atoms with Gasteiger partial charge < -0.3 is 24.4 Å². The average Bonchev–Trinajstić information content (AvgIpc) is 2.69. The van der Waals surface area contributed by atoms with Crippen LogP contribution in [-0.2, 0) is 4.79 Å². The summed E-state index contributed by atoms with van der Waals surface area (Å²) in [7, 11) is 4.49. The molecule has 0 radical (unpaired) electrons. The van der Waals surface area contributed by atoms with Gasteiger partial charge in [0.25, 0.3) is 5.91 Å². The van der Waals surface area contributed by atoms with Gasteiger partial charge >= 0.3 is 0 Å². The molecule has 0 bridgehead atoms. The second-order valence-electron chi connectivity index (χ2n) is 6.18. The van der Waals surface area contributed by atoms with Crippen molar-refractivity contribution in [2.24, 2.45) is 0 Å². The molecule has 0 heterocycles. The van der Waals surface area contributed by atoms with E-state index in [1.165, 1.54) is 28.3 Å². The van der Waals surface area contributed by atoms with E-state index >= 15 is 0 Å². The highest BCUT2D eigenvalue weighted by molar-refractivity contribution is 5.96. The Morgan fingerprint density at radius 1 is 1.00 bits per heavy atom. The number of nitrogens with zero attached hydrogens (tertiary/aromatic N) is 1. The van der Waals surface area contributed by atoms with Crippen LogP contribution >= 0.6 is 0 Å².